The Hall–Kier alpha value is -2.14. The van der Waals surface area contributed by atoms with Gasteiger partial charge < -0.3 is 10.1 Å². The van der Waals surface area contributed by atoms with Crippen LogP contribution in [-0.2, 0) is 0 Å². The van der Waals surface area contributed by atoms with E-state index >= 15 is 0 Å². The zero-order chi connectivity index (χ0) is 14.3. The Bertz CT molecular complexity index is 824. The van der Waals surface area contributed by atoms with Gasteiger partial charge in [-0.2, -0.15) is 0 Å². The van der Waals surface area contributed by atoms with Crippen LogP contribution in [0, 0.1) is 6.92 Å². The van der Waals surface area contributed by atoms with E-state index in [4.69, 9.17) is 5.11 Å². The van der Waals surface area contributed by atoms with E-state index in [0.29, 0.717) is 0 Å². The number of carbonyl (C=O) groups is 1. The molecule has 1 heterocycles. The molecule has 0 amide bonds. The molecule has 3 rings (SSSR count). The van der Waals surface area contributed by atoms with Gasteiger partial charge in [-0.05, 0) is 36.8 Å². The van der Waals surface area contributed by atoms with Crippen LogP contribution in [0.5, 0.6) is 0 Å². The predicted octanol–water partition coefficient (Wildman–Crippen LogP) is 4.00. The molecular formula is C15H11BrN2O2. The van der Waals surface area contributed by atoms with Crippen LogP contribution in [-0.4, -0.2) is 21.0 Å². The van der Waals surface area contributed by atoms with Crippen LogP contribution >= 0.6 is 15.9 Å². The number of aromatic carboxylic acids is 1. The fraction of sp³-hybridized carbons (Fsp3) is 0.0667. The van der Waals surface area contributed by atoms with Gasteiger partial charge in [-0.15, -0.1) is 0 Å². The van der Waals surface area contributed by atoms with Gasteiger partial charge in [0.1, 0.15) is 5.82 Å². The summed E-state index contributed by atoms with van der Waals surface area (Å²) in [5, 5.41) is 8.99. The van der Waals surface area contributed by atoms with Gasteiger partial charge in [-0.25, -0.2) is 9.78 Å². The van der Waals surface area contributed by atoms with Gasteiger partial charge in [0.2, 0.25) is 0 Å². The lowest BCUT2D eigenvalue weighted by atomic mass is 10.1. The monoisotopic (exact) mass is 330 g/mol. The smallest absolute Gasteiger partial charge is 0.335 e. The Morgan fingerprint density at radius 2 is 2.05 bits per heavy atom. The summed E-state index contributed by atoms with van der Waals surface area (Å²) in [6.07, 6.45) is 0. The van der Waals surface area contributed by atoms with Crippen molar-refractivity contribution in [1.29, 1.82) is 0 Å². The first-order valence-electron chi connectivity index (χ1n) is 6.04. The molecule has 0 fully saturated rings. The largest absolute Gasteiger partial charge is 0.478 e. The molecule has 0 aliphatic rings. The number of hydrogen-bond acceptors (Lipinski definition) is 2. The van der Waals surface area contributed by atoms with Gasteiger partial charge in [-0.1, -0.05) is 28.1 Å². The minimum Gasteiger partial charge on any atom is -0.478 e. The fourth-order valence-electron chi connectivity index (χ4n) is 2.02. The molecule has 0 bridgehead atoms. The third kappa shape index (κ3) is 2.20. The highest BCUT2D eigenvalue weighted by molar-refractivity contribution is 9.10. The molecule has 0 radical (unpaired) electrons. The average molecular weight is 331 g/mol. The van der Waals surface area contributed by atoms with E-state index in [1.807, 2.05) is 25.1 Å². The van der Waals surface area contributed by atoms with Crippen LogP contribution in [0.15, 0.2) is 40.9 Å². The lowest BCUT2D eigenvalue weighted by Gasteiger charge is -2.00. The van der Waals surface area contributed by atoms with Gasteiger partial charge in [-0.3, -0.25) is 0 Å². The zero-order valence-electron chi connectivity index (χ0n) is 10.6. The molecule has 0 atom stereocenters. The molecule has 20 heavy (non-hydrogen) atoms. The summed E-state index contributed by atoms with van der Waals surface area (Å²) < 4.78 is 1.02. The summed E-state index contributed by atoms with van der Waals surface area (Å²) in [4.78, 5) is 18.6. The highest BCUT2D eigenvalue weighted by Gasteiger charge is 2.09. The number of imidazole rings is 1. The second-order valence-corrected chi connectivity index (χ2v) is 5.44. The van der Waals surface area contributed by atoms with E-state index in [0.717, 1.165) is 32.5 Å². The first-order valence-corrected chi connectivity index (χ1v) is 6.83. The molecule has 0 aliphatic heterocycles. The molecule has 2 N–H and O–H groups in total. The van der Waals surface area contributed by atoms with Crippen molar-refractivity contribution in [2.75, 3.05) is 0 Å². The summed E-state index contributed by atoms with van der Waals surface area (Å²) in [6, 6.07) is 10.8. The standard InChI is InChI=1S/C15H11BrN2O2/c1-8-2-3-9(6-11(8)16)14-17-12-5-4-10(15(19)20)7-13(12)18-14/h2-7H,1H3,(H,17,18)(H,19,20). The van der Waals surface area contributed by atoms with E-state index in [1.165, 1.54) is 0 Å². The summed E-state index contributed by atoms with van der Waals surface area (Å²) in [7, 11) is 0. The maximum atomic E-state index is 11.0. The second kappa shape index (κ2) is 4.76. The Labute approximate surface area is 123 Å². The highest BCUT2D eigenvalue weighted by atomic mass is 79.9. The number of aromatic amines is 1. The summed E-state index contributed by atoms with van der Waals surface area (Å²) in [5.41, 5.74) is 3.82. The molecule has 0 saturated heterocycles. The van der Waals surface area contributed by atoms with Crippen LogP contribution < -0.4 is 0 Å². The number of aryl methyl sites for hydroxylation is 1. The molecule has 3 aromatic rings. The number of carboxylic acids is 1. The maximum absolute atomic E-state index is 11.0. The molecule has 0 unspecified atom stereocenters. The third-order valence-corrected chi connectivity index (χ3v) is 4.03. The van der Waals surface area contributed by atoms with Gasteiger partial charge in [0.15, 0.2) is 0 Å². The van der Waals surface area contributed by atoms with Gasteiger partial charge >= 0.3 is 5.97 Å². The molecule has 4 nitrogen and oxygen atoms in total. The van der Waals surface area contributed by atoms with Crippen molar-refractivity contribution in [3.8, 4) is 11.4 Å². The summed E-state index contributed by atoms with van der Waals surface area (Å²) in [5.74, 6) is -0.218. The lowest BCUT2D eigenvalue weighted by Crippen LogP contribution is -1.94. The SMILES string of the molecule is Cc1ccc(-c2nc3ccc(C(=O)O)cc3[nH]2)cc1Br. The van der Waals surface area contributed by atoms with Crippen molar-refractivity contribution >= 4 is 32.9 Å². The Morgan fingerprint density at radius 1 is 1.25 bits per heavy atom. The number of fused-ring (bicyclic) bond motifs is 1. The van der Waals surface area contributed by atoms with Crippen molar-refractivity contribution in [2.24, 2.45) is 0 Å². The number of nitrogens with one attached hydrogen (secondary N) is 1. The Morgan fingerprint density at radius 3 is 2.75 bits per heavy atom. The van der Waals surface area contributed by atoms with Crippen molar-refractivity contribution in [3.63, 3.8) is 0 Å². The summed E-state index contributed by atoms with van der Waals surface area (Å²) in [6.45, 7) is 2.02. The van der Waals surface area contributed by atoms with E-state index < -0.39 is 5.97 Å². The minimum absolute atomic E-state index is 0.248. The minimum atomic E-state index is -0.943. The van der Waals surface area contributed by atoms with Crippen LogP contribution in [0.3, 0.4) is 0 Å². The fourth-order valence-corrected chi connectivity index (χ4v) is 2.40. The summed E-state index contributed by atoms with van der Waals surface area (Å²) >= 11 is 3.50. The Kier molecular flexibility index (Phi) is 3.06. The highest BCUT2D eigenvalue weighted by Crippen LogP contribution is 2.26. The van der Waals surface area contributed by atoms with Crippen molar-refractivity contribution < 1.29 is 9.90 Å². The normalized spacial score (nSPS) is 10.9. The topological polar surface area (TPSA) is 66.0 Å². The van der Waals surface area contributed by atoms with E-state index in [1.54, 1.807) is 18.2 Å². The van der Waals surface area contributed by atoms with Crippen molar-refractivity contribution in [1.82, 2.24) is 9.97 Å². The number of rotatable bonds is 2. The van der Waals surface area contributed by atoms with Gasteiger partial charge in [0, 0.05) is 10.0 Å². The second-order valence-electron chi connectivity index (χ2n) is 4.59. The van der Waals surface area contributed by atoms with Crippen LogP contribution in [0.25, 0.3) is 22.4 Å². The average Bonchev–Trinajstić information content (AvgIpc) is 2.84. The lowest BCUT2D eigenvalue weighted by molar-refractivity contribution is 0.0697. The third-order valence-electron chi connectivity index (χ3n) is 3.17. The van der Waals surface area contributed by atoms with E-state index in [-0.39, 0.29) is 5.56 Å². The molecular weight excluding hydrogens is 320 g/mol. The number of hydrogen-bond donors (Lipinski definition) is 2. The number of H-pyrrole nitrogens is 1. The van der Waals surface area contributed by atoms with Gasteiger partial charge in [0.05, 0.1) is 16.6 Å². The zero-order valence-corrected chi connectivity index (χ0v) is 12.2. The number of aromatic nitrogens is 2. The quantitative estimate of drug-likeness (QED) is 0.746. The molecule has 2 aromatic carbocycles. The Balaban J connectivity index is 2.12. The van der Waals surface area contributed by atoms with E-state index in [2.05, 4.69) is 25.9 Å². The molecule has 5 heteroatoms. The van der Waals surface area contributed by atoms with E-state index in [9.17, 15) is 4.79 Å². The molecule has 0 saturated carbocycles. The van der Waals surface area contributed by atoms with Crippen molar-refractivity contribution in [2.45, 2.75) is 6.92 Å². The van der Waals surface area contributed by atoms with Crippen LogP contribution in [0.1, 0.15) is 15.9 Å². The number of carboxylic acid groups (broad SMARTS) is 1. The number of benzene rings is 2. The number of halogens is 1. The first-order chi connectivity index (χ1) is 9.54. The molecule has 100 valence electrons. The predicted molar refractivity (Wildman–Crippen MR) is 80.9 cm³/mol. The van der Waals surface area contributed by atoms with Crippen LogP contribution in [0.2, 0.25) is 0 Å². The van der Waals surface area contributed by atoms with Crippen LogP contribution in [0.4, 0.5) is 0 Å². The number of nitrogens with zero attached hydrogens (tertiary/aromatic N) is 1. The maximum Gasteiger partial charge on any atom is 0.335 e. The first kappa shape index (κ1) is 12.9. The van der Waals surface area contributed by atoms with Crippen molar-refractivity contribution in [3.05, 3.63) is 52.0 Å². The molecule has 0 aliphatic carbocycles. The molecule has 0 spiro atoms. The molecule has 1 aromatic heterocycles. The van der Waals surface area contributed by atoms with Gasteiger partial charge in [0.25, 0.3) is 0 Å².